The van der Waals surface area contributed by atoms with Gasteiger partial charge in [0.15, 0.2) is 0 Å². The number of benzene rings is 1. The summed E-state index contributed by atoms with van der Waals surface area (Å²) in [5.41, 5.74) is 0.352. The first-order valence-corrected chi connectivity index (χ1v) is 7.14. The molecule has 0 aliphatic rings. The maximum absolute atomic E-state index is 12.1. The molecule has 2 N–H and O–H groups in total. The van der Waals surface area contributed by atoms with Crippen LogP contribution in [0, 0.1) is 18.3 Å². The predicted octanol–water partition coefficient (Wildman–Crippen LogP) is 3.30. The summed E-state index contributed by atoms with van der Waals surface area (Å²) in [6, 6.07) is 11.4. The number of anilines is 1. The van der Waals surface area contributed by atoms with Crippen LogP contribution in [0.4, 0.5) is 5.69 Å². The van der Waals surface area contributed by atoms with Gasteiger partial charge in [0.2, 0.25) is 0 Å². The molecule has 0 saturated carbocycles. The van der Waals surface area contributed by atoms with Gasteiger partial charge in [-0.1, -0.05) is 6.07 Å². The van der Waals surface area contributed by atoms with Crippen LogP contribution < -0.4 is 5.32 Å². The number of amides is 1. The minimum atomic E-state index is -1.08. The Hall–Kier alpha value is -2.91. The Morgan fingerprint density at radius 3 is 2.68 bits per heavy atom. The quantitative estimate of drug-likeness (QED) is 0.669. The number of aromatic carboxylic acids is 1. The summed E-state index contributed by atoms with van der Waals surface area (Å²) in [5, 5.41) is 20.6. The molecule has 110 valence electrons. The Morgan fingerprint density at radius 1 is 1.32 bits per heavy atom. The van der Waals surface area contributed by atoms with Crippen molar-refractivity contribution < 1.29 is 14.7 Å². The smallest absolute Gasteiger partial charge is 0.335 e. The van der Waals surface area contributed by atoms with Gasteiger partial charge in [-0.15, -0.1) is 11.3 Å². The van der Waals surface area contributed by atoms with Crippen LogP contribution in [0.5, 0.6) is 0 Å². The number of carboxylic acid groups (broad SMARTS) is 1. The van der Waals surface area contributed by atoms with E-state index in [9.17, 15) is 9.59 Å². The summed E-state index contributed by atoms with van der Waals surface area (Å²) in [7, 11) is 0. The van der Waals surface area contributed by atoms with Crippen molar-refractivity contribution in [3.05, 3.63) is 57.3 Å². The fraction of sp³-hybridized carbons (Fsp3) is 0.0625. The molecule has 1 amide bonds. The molecule has 0 radical (unpaired) electrons. The summed E-state index contributed by atoms with van der Waals surface area (Å²) >= 11 is 1.48. The highest BCUT2D eigenvalue weighted by atomic mass is 32.1. The molecule has 0 aliphatic heterocycles. The maximum Gasteiger partial charge on any atom is 0.335 e. The second-order valence-electron chi connectivity index (χ2n) is 4.46. The molecule has 0 fully saturated rings. The van der Waals surface area contributed by atoms with Crippen LogP contribution in [-0.2, 0) is 4.79 Å². The van der Waals surface area contributed by atoms with Crippen LogP contribution in [0.2, 0.25) is 0 Å². The molecule has 0 aliphatic carbocycles. The molecule has 0 unspecified atom stereocenters. The van der Waals surface area contributed by atoms with Crippen molar-refractivity contribution >= 4 is 35.0 Å². The van der Waals surface area contributed by atoms with Gasteiger partial charge in [-0.25, -0.2) is 4.79 Å². The summed E-state index contributed by atoms with van der Waals surface area (Å²) < 4.78 is 0. The Bertz CT molecular complexity index is 800. The monoisotopic (exact) mass is 312 g/mol. The van der Waals surface area contributed by atoms with E-state index in [0.717, 1.165) is 9.75 Å². The first-order chi connectivity index (χ1) is 10.5. The van der Waals surface area contributed by atoms with Crippen LogP contribution in [0.3, 0.4) is 0 Å². The van der Waals surface area contributed by atoms with Crippen LogP contribution in [0.15, 0.2) is 42.0 Å². The zero-order valence-electron chi connectivity index (χ0n) is 11.7. The molecule has 1 aromatic carbocycles. The second kappa shape index (κ2) is 6.70. The number of carbonyl (C=O) groups excluding carboxylic acids is 1. The topological polar surface area (TPSA) is 90.2 Å². The summed E-state index contributed by atoms with van der Waals surface area (Å²) in [5.74, 6) is -1.66. The lowest BCUT2D eigenvalue weighted by molar-refractivity contribution is -0.112. The van der Waals surface area contributed by atoms with E-state index in [2.05, 4.69) is 5.32 Å². The van der Waals surface area contributed by atoms with Gasteiger partial charge in [0.25, 0.3) is 5.91 Å². The molecule has 6 heteroatoms. The minimum absolute atomic E-state index is 0.0393. The third kappa shape index (κ3) is 3.81. The van der Waals surface area contributed by atoms with Crippen molar-refractivity contribution in [3.8, 4) is 6.07 Å². The lowest BCUT2D eigenvalue weighted by Gasteiger charge is -2.05. The molecular formula is C16H12N2O3S. The Morgan fingerprint density at radius 2 is 2.09 bits per heavy atom. The zero-order valence-corrected chi connectivity index (χ0v) is 12.5. The van der Waals surface area contributed by atoms with E-state index in [1.165, 1.54) is 35.6 Å². The highest BCUT2D eigenvalue weighted by molar-refractivity contribution is 7.12. The number of nitrogens with one attached hydrogen (secondary N) is 1. The lowest BCUT2D eigenvalue weighted by atomic mass is 10.2. The molecule has 0 atom stereocenters. The minimum Gasteiger partial charge on any atom is -0.478 e. The highest BCUT2D eigenvalue weighted by Crippen LogP contribution is 2.19. The van der Waals surface area contributed by atoms with Crippen molar-refractivity contribution in [2.24, 2.45) is 0 Å². The summed E-state index contributed by atoms with van der Waals surface area (Å²) in [4.78, 5) is 24.9. The van der Waals surface area contributed by atoms with E-state index < -0.39 is 11.9 Å². The van der Waals surface area contributed by atoms with Gasteiger partial charge in [-0.2, -0.15) is 5.26 Å². The molecule has 1 aromatic heterocycles. The second-order valence-corrected chi connectivity index (χ2v) is 5.78. The lowest BCUT2D eigenvalue weighted by Crippen LogP contribution is -2.13. The zero-order chi connectivity index (χ0) is 16.1. The molecular weight excluding hydrogens is 300 g/mol. The number of thiophene rings is 1. The summed E-state index contributed by atoms with van der Waals surface area (Å²) in [6.45, 7) is 1.94. The summed E-state index contributed by atoms with van der Waals surface area (Å²) in [6.07, 6.45) is 1.51. The largest absolute Gasteiger partial charge is 0.478 e. The number of nitrogens with zero attached hydrogens (tertiary/aromatic N) is 1. The maximum atomic E-state index is 12.1. The third-order valence-electron chi connectivity index (χ3n) is 2.78. The standard InChI is InChI=1S/C16H12N2O3S/c1-10-5-6-14(22-10)8-12(9-17)15(19)18-13-4-2-3-11(7-13)16(20)21/h2-8H,1H3,(H,18,19)(H,20,21)/b12-8-. The van der Waals surface area contributed by atoms with E-state index in [1.807, 2.05) is 25.1 Å². The SMILES string of the molecule is Cc1ccc(/C=C(/C#N)C(=O)Nc2cccc(C(=O)O)c2)s1. The molecule has 5 nitrogen and oxygen atoms in total. The Kier molecular flexibility index (Phi) is 4.71. The molecule has 1 heterocycles. The van der Waals surface area contributed by atoms with Gasteiger partial charge in [-0.05, 0) is 43.3 Å². The molecule has 2 rings (SSSR count). The Labute approximate surface area is 131 Å². The molecule has 22 heavy (non-hydrogen) atoms. The van der Waals surface area contributed by atoms with Gasteiger partial charge in [0.05, 0.1) is 5.56 Å². The number of aryl methyl sites for hydroxylation is 1. The van der Waals surface area contributed by atoms with Crippen molar-refractivity contribution in [1.29, 1.82) is 5.26 Å². The molecule has 0 spiro atoms. The van der Waals surface area contributed by atoms with Crippen molar-refractivity contribution in [1.82, 2.24) is 0 Å². The first-order valence-electron chi connectivity index (χ1n) is 6.32. The van der Waals surface area contributed by atoms with Crippen molar-refractivity contribution in [2.45, 2.75) is 6.92 Å². The van der Waals surface area contributed by atoms with E-state index in [4.69, 9.17) is 10.4 Å². The van der Waals surface area contributed by atoms with Crippen molar-refractivity contribution in [2.75, 3.05) is 5.32 Å². The van der Waals surface area contributed by atoms with Crippen molar-refractivity contribution in [3.63, 3.8) is 0 Å². The average molecular weight is 312 g/mol. The number of carboxylic acids is 1. The van der Waals surface area contributed by atoms with E-state index in [1.54, 1.807) is 6.07 Å². The Balaban J connectivity index is 2.20. The number of hydrogen-bond donors (Lipinski definition) is 2. The van der Waals surface area contributed by atoms with Crippen LogP contribution in [0.25, 0.3) is 6.08 Å². The fourth-order valence-electron chi connectivity index (χ4n) is 1.75. The van der Waals surface area contributed by atoms with Gasteiger partial charge in [-0.3, -0.25) is 4.79 Å². The molecule has 2 aromatic rings. The van der Waals surface area contributed by atoms with Crippen LogP contribution >= 0.6 is 11.3 Å². The number of rotatable bonds is 4. The highest BCUT2D eigenvalue weighted by Gasteiger charge is 2.11. The number of hydrogen-bond acceptors (Lipinski definition) is 4. The number of carbonyl (C=O) groups is 2. The van der Waals surface area contributed by atoms with E-state index in [0.29, 0.717) is 5.69 Å². The van der Waals surface area contributed by atoms with Gasteiger partial charge >= 0.3 is 5.97 Å². The first kappa shape index (κ1) is 15.5. The van der Waals surface area contributed by atoms with Gasteiger partial charge < -0.3 is 10.4 Å². The van der Waals surface area contributed by atoms with Crippen LogP contribution in [-0.4, -0.2) is 17.0 Å². The molecule has 0 bridgehead atoms. The average Bonchev–Trinajstić information content (AvgIpc) is 2.90. The van der Waals surface area contributed by atoms with Gasteiger partial charge in [0.1, 0.15) is 11.6 Å². The fourth-order valence-corrected chi connectivity index (χ4v) is 2.57. The van der Waals surface area contributed by atoms with E-state index in [-0.39, 0.29) is 11.1 Å². The predicted molar refractivity (Wildman–Crippen MR) is 84.7 cm³/mol. The van der Waals surface area contributed by atoms with Crippen LogP contribution in [0.1, 0.15) is 20.1 Å². The third-order valence-corrected chi connectivity index (χ3v) is 3.73. The normalized spacial score (nSPS) is 10.8. The molecule has 0 saturated heterocycles. The number of nitriles is 1. The van der Waals surface area contributed by atoms with Gasteiger partial charge in [0, 0.05) is 15.4 Å². The van der Waals surface area contributed by atoms with E-state index >= 15 is 0 Å².